The second-order valence-electron chi connectivity index (χ2n) is 7.03. The van der Waals surface area contributed by atoms with Crippen LogP contribution < -0.4 is 10.6 Å². The van der Waals surface area contributed by atoms with Crippen molar-refractivity contribution in [2.24, 2.45) is 20.0 Å². The molecule has 2 aromatic rings. The van der Waals surface area contributed by atoms with Gasteiger partial charge in [0, 0.05) is 35.1 Å². The minimum atomic E-state index is -3.63. The summed E-state index contributed by atoms with van der Waals surface area (Å²) >= 11 is 0. The summed E-state index contributed by atoms with van der Waals surface area (Å²) in [6, 6.07) is 9.86. The van der Waals surface area contributed by atoms with Gasteiger partial charge in [0.25, 0.3) is 5.91 Å². The van der Waals surface area contributed by atoms with Gasteiger partial charge < -0.3 is 10.6 Å². The minimum Gasteiger partial charge on any atom is -0.338 e. The first kappa shape index (κ1) is 23.6. The lowest BCUT2D eigenvalue weighted by molar-refractivity contribution is -0.0280. The van der Waals surface area contributed by atoms with E-state index in [-0.39, 0.29) is 11.3 Å². The molecule has 1 heterocycles. The average Bonchev–Trinajstić information content (AvgIpc) is 2.83. The number of rotatable bonds is 8. The molecular formula is C23H21F3N6O. The van der Waals surface area contributed by atoms with Crippen LogP contribution in [0.15, 0.2) is 74.0 Å². The Bertz CT molecular complexity index is 1170. The van der Waals surface area contributed by atoms with Gasteiger partial charge in [0.15, 0.2) is 12.5 Å². The van der Waals surface area contributed by atoms with Crippen LogP contribution in [0.2, 0.25) is 0 Å². The summed E-state index contributed by atoms with van der Waals surface area (Å²) < 4.78 is 39.9. The molecule has 3 rings (SSSR count). The number of carbonyl (C=O) groups excluding carboxylic acids is 1. The molecule has 170 valence electrons. The van der Waals surface area contributed by atoms with Crippen LogP contribution >= 0.6 is 0 Å². The predicted octanol–water partition coefficient (Wildman–Crippen LogP) is 5.12. The molecule has 2 aromatic carbocycles. The van der Waals surface area contributed by atoms with Crippen LogP contribution in [0.3, 0.4) is 0 Å². The summed E-state index contributed by atoms with van der Waals surface area (Å²) in [5, 5.41) is 5.71. The molecule has 0 unspecified atom stereocenters. The SMILES string of the molecule is C=N/C=N\C(Nc1cc(C(=O)Nc2cccc(C(F)(F)CF)c2)ccc1C)=C1/CC=NC=N1. The van der Waals surface area contributed by atoms with Crippen molar-refractivity contribution in [3.63, 3.8) is 0 Å². The molecule has 0 saturated heterocycles. The largest absolute Gasteiger partial charge is 0.338 e. The van der Waals surface area contributed by atoms with E-state index in [0.29, 0.717) is 23.6 Å². The fourth-order valence-corrected chi connectivity index (χ4v) is 2.91. The van der Waals surface area contributed by atoms with Crippen molar-refractivity contribution < 1.29 is 18.0 Å². The molecule has 0 saturated carbocycles. The number of amides is 1. The van der Waals surface area contributed by atoms with Crippen LogP contribution in [0.4, 0.5) is 24.5 Å². The Morgan fingerprint density at radius 3 is 2.76 bits per heavy atom. The van der Waals surface area contributed by atoms with Crippen molar-refractivity contribution in [3.05, 3.63) is 70.7 Å². The summed E-state index contributed by atoms with van der Waals surface area (Å²) in [5.41, 5.74) is 1.90. The van der Waals surface area contributed by atoms with Crippen LogP contribution in [0.25, 0.3) is 0 Å². The standard InChI is InChI=1S/C23H21F3N6O/c1-15-6-7-16(22(33)31-18-5-3-4-17(11-18)23(25,26)12-24)10-20(15)32-21(30-13-27-2)19-8-9-28-14-29-19/h3-7,9-11,13-14,32H,2,8,12H2,1H3,(H,31,33)/b21-19-,30-13-. The van der Waals surface area contributed by atoms with Gasteiger partial charge in [-0.3, -0.25) is 9.79 Å². The molecule has 2 N–H and O–H groups in total. The number of benzene rings is 2. The Labute approximate surface area is 188 Å². The number of allylic oxidation sites excluding steroid dienone is 1. The predicted molar refractivity (Wildman–Crippen MR) is 126 cm³/mol. The van der Waals surface area contributed by atoms with Crippen molar-refractivity contribution >= 4 is 42.9 Å². The van der Waals surface area contributed by atoms with Crippen LogP contribution in [-0.2, 0) is 5.92 Å². The number of nitrogens with one attached hydrogen (secondary N) is 2. The third-order valence-electron chi connectivity index (χ3n) is 4.68. The van der Waals surface area contributed by atoms with E-state index in [0.717, 1.165) is 17.7 Å². The Balaban J connectivity index is 1.85. The maximum absolute atomic E-state index is 13.6. The zero-order valence-electron chi connectivity index (χ0n) is 17.7. The molecule has 10 heteroatoms. The van der Waals surface area contributed by atoms with Crippen molar-refractivity contribution in [3.8, 4) is 0 Å². The van der Waals surface area contributed by atoms with E-state index in [2.05, 4.69) is 37.3 Å². The first-order valence-electron chi connectivity index (χ1n) is 9.83. The van der Waals surface area contributed by atoms with E-state index in [1.54, 1.807) is 24.4 Å². The molecule has 1 aliphatic heterocycles. The van der Waals surface area contributed by atoms with Gasteiger partial charge in [-0.15, -0.1) is 0 Å². The number of carbonyl (C=O) groups is 1. The van der Waals surface area contributed by atoms with E-state index in [1.807, 2.05) is 6.92 Å². The number of anilines is 2. The lowest BCUT2D eigenvalue weighted by Crippen LogP contribution is -2.17. The Kier molecular flexibility index (Phi) is 7.50. The lowest BCUT2D eigenvalue weighted by atomic mass is 10.1. The number of halogens is 3. The second-order valence-corrected chi connectivity index (χ2v) is 7.03. The molecule has 0 spiro atoms. The second kappa shape index (κ2) is 10.5. The maximum atomic E-state index is 13.6. The van der Waals surface area contributed by atoms with Crippen molar-refractivity contribution in [2.75, 3.05) is 17.3 Å². The molecule has 0 fully saturated rings. The number of aliphatic imine (C=N–C) groups is 4. The Morgan fingerprint density at radius 2 is 2.06 bits per heavy atom. The highest BCUT2D eigenvalue weighted by Gasteiger charge is 2.31. The summed E-state index contributed by atoms with van der Waals surface area (Å²) in [7, 11) is 0. The van der Waals surface area contributed by atoms with E-state index < -0.39 is 24.1 Å². The topological polar surface area (TPSA) is 90.6 Å². The van der Waals surface area contributed by atoms with Gasteiger partial charge in [0.1, 0.15) is 12.7 Å². The van der Waals surface area contributed by atoms with Gasteiger partial charge in [-0.25, -0.2) is 19.4 Å². The number of hydrogen-bond donors (Lipinski definition) is 2. The molecule has 0 aromatic heterocycles. The van der Waals surface area contributed by atoms with Gasteiger partial charge in [-0.05, 0) is 43.5 Å². The molecule has 0 radical (unpaired) electrons. The normalized spacial score (nSPS) is 14.9. The van der Waals surface area contributed by atoms with Crippen LogP contribution in [0.5, 0.6) is 0 Å². The maximum Gasteiger partial charge on any atom is 0.301 e. The fourth-order valence-electron chi connectivity index (χ4n) is 2.91. The number of alkyl halides is 3. The summed E-state index contributed by atoms with van der Waals surface area (Å²) in [5.74, 6) is -3.74. The zero-order valence-corrected chi connectivity index (χ0v) is 17.7. The third-order valence-corrected chi connectivity index (χ3v) is 4.68. The number of nitrogens with zero attached hydrogens (tertiary/aromatic N) is 4. The minimum absolute atomic E-state index is 0.126. The highest BCUT2D eigenvalue weighted by atomic mass is 19.3. The number of aryl methyl sites for hydroxylation is 1. The molecular weight excluding hydrogens is 433 g/mol. The molecule has 0 bridgehead atoms. The van der Waals surface area contributed by atoms with Crippen LogP contribution in [0.1, 0.15) is 27.9 Å². The van der Waals surface area contributed by atoms with E-state index in [4.69, 9.17) is 0 Å². The Hall–Kier alpha value is -4.08. The molecule has 0 atom stereocenters. The van der Waals surface area contributed by atoms with Crippen LogP contribution in [0, 0.1) is 6.92 Å². The van der Waals surface area contributed by atoms with Crippen molar-refractivity contribution in [1.82, 2.24) is 0 Å². The van der Waals surface area contributed by atoms with Gasteiger partial charge in [-0.1, -0.05) is 18.2 Å². The zero-order chi connectivity index (χ0) is 23.8. The first-order chi connectivity index (χ1) is 15.8. The highest BCUT2D eigenvalue weighted by molar-refractivity contribution is 6.05. The first-order valence-corrected chi connectivity index (χ1v) is 9.83. The number of hydrogen-bond acceptors (Lipinski definition) is 5. The highest BCUT2D eigenvalue weighted by Crippen LogP contribution is 2.30. The molecule has 33 heavy (non-hydrogen) atoms. The smallest absolute Gasteiger partial charge is 0.301 e. The lowest BCUT2D eigenvalue weighted by Gasteiger charge is -2.15. The van der Waals surface area contributed by atoms with Gasteiger partial charge in [-0.2, -0.15) is 8.78 Å². The molecule has 1 amide bonds. The quantitative estimate of drug-likeness (QED) is 0.428. The van der Waals surface area contributed by atoms with Crippen molar-refractivity contribution in [2.45, 2.75) is 19.3 Å². The molecule has 0 aliphatic carbocycles. The van der Waals surface area contributed by atoms with E-state index in [1.165, 1.54) is 24.8 Å². The van der Waals surface area contributed by atoms with E-state index >= 15 is 0 Å². The molecule has 7 nitrogen and oxygen atoms in total. The average molecular weight is 454 g/mol. The van der Waals surface area contributed by atoms with Crippen molar-refractivity contribution in [1.29, 1.82) is 0 Å². The van der Waals surface area contributed by atoms with Gasteiger partial charge in [0.05, 0.1) is 5.70 Å². The summed E-state index contributed by atoms with van der Waals surface area (Å²) in [6.07, 6.45) is 4.79. The van der Waals surface area contributed by atoms with E-state index in [9.17, 15) is 18.0 Å². The van der Waals surface area contributed by atoms with Gasteiger partial charge in [0.2, 0.25) is 0 Å². The molecule has 1 aliphatic rings. The summed E-state index contributed by atoms with van der Waals surface area (Å²) in [4.78, 5) is 28.7. The van der Waals surface area contributed by atoms with Crippen LogP contribution in [-0.4, -0.2) is 38.2 Å². The third kappa shape index (κ3) is 6.00. The summed E-state index contributed by atoms with van der Waals surface area (Å²) in [6.45, 7) is 3.39. The van der Waals surface area contributed by atoms with Gasteiger partial charge >= 0.3 is 5.92 Å². The monoisotopic (exact) mass is 454 g/mol. The Morgan fingerprint density at radius 1 is 1.24 bits per heavy atom. The fraction of sp³-hybridized carbons (Fsp3) is 0.174.